The minimum absolute atomic E-state index is 0. The Hall–Kier alpha value is -0.320. The number of nitrogens with zero attached hydrogens (tertiary/aromatic N) is 2. The summed E-state index contributed by atoms with van der Waals surface area (Å²) in [6.07, 6.45) is 5.77. The van der Waals surface area contributed by atoms with Gasteiger partial charge in [-0.15, -0.1) is 12.4 Å². The fourth-order valence-electron chi connectivity index (χ4n) is 3.78. The second kappa shape index (κ2) is 6.63. The Kier molecular flexibility index (Phi) is 5.32. The van der Waals surface area contributed by atoms with Crippen molar-refractivity contribution in [2.75, 3.05) is 39.3 Å². The number of hydrogen-bond donors (Lipinski definition) is 1. The highest BCUT2D eigenvalue weighted by atomic mass is 35.5. The Morgan fingerprint density at radius 1 is 1.25 bits per heavy atom. The highest BCUT2D eigenvalue weighted by Crippen LogP contribution is 2.51. The fraction of sp³-hybridized carbons (Fsp3) is 0.933. The van der Waals surface area contributed by atoms with Gasteiger partial charge in [0, 0.05) is 44.2 Å². The first-order valence-corrected chi connectivity index (χ1v) is 7.99. The highest BCUT2D eigenvalue weighted by molar-refractivity contribution is 5.85. The molecule has 0 aromatic heterocycles. The molecule has 2 saturated heterocycles. The number of nitrogens with one attached hydrogen (secondary N) is 1. The van der Waals surface area contributed by atoms with E-state index in [0.717, 1.165) is 65.0 Å². The maximum absolute atomic E-state index is 12.6. The first kappa shape index (κ1) is 16.1. The summed E-state index contributed by atoms with van der Waals surface area (Å²) in [5, 5.41) is 3.43. The molecule has 1 amide bonds. The van der Waals surface area contributed by atoms with Crippen molar-refractivity contribution in [3.05, 3.63) is 0 Å². The zero-order chi connectivity index (χ0) is 13.3. The SMILES string of the molecule is CCCC1(C(=O)N2CCN(C3CCNC3)CC2)CC1.Cl. The predicted molar refractivity (Wildman–Crippen MR) is 83.3 cm³/mol. The largest absolute Gasteiger partial charge is 0.340 e. The van der Waals surface area contributed by atoms with E-state index >= 15 is 0 Å². The smallest absolute Gasteiger partial charge is 0.228 e. The van der Waals surface area contributed by atoms with Gasteiger partial charge in [-0.2, -0.15) is 0 Å². The standard InChI is InChI=1S/C15H27N3O.ClH/c1-2-4-15(5-6-15)14(19)18-10-8-17(9-11-18)13-3-7-16-12-13;/h13,16H,2-12H2,1H3;1H. The minimum atomic E-state index is 0. The van der Waals surface area contributed by atoms with Gasteiger partial charge in [-0.05, 0) is 32.2 Å². The molecule has 1 atom stereocenters. The van der Waals surface area contributed by atoms with Crippen molar-refractivity contribution < 1.29 is 4.79 Å². The summed E-state index contributed by atoms with van der Waals surface area (Å²) in [7, 11) is 0. The third-order valence-corrected chi connectivity index (χ3v) is 5.19. The zero-order valence-corrected chi connectivity index (χ0v) is 13.4. The molecule has 1 N–H and O–H groups in total. The second-order valence-corrected chi connectivity index (χ2v) is 6.51. The summed E-state index contributed by atoms with van der Waals surface area (Å²) in [6, 6.07) is 0.711. The number of halogens is 1. The molecule has 1 unspecified atom stereocenters. The van der Waals surface area contributed by atoms with E-state index in [-0.39, 0.29) is 17.8 Å². The van der Waals surface area contributed by atoms with Gasteiger partial charge in [0.25, 0.3) is 0 Å². The van der Waals surface area contributed by atoms with Crippen molar-refractivity contribution in [1.29, 1.82) is 0 Å². The molecular formula is C15H28ClN3O. The van der Waals surface area contributed by atoms with Crippen molar-refractivity contribution in [2.45, 2.75) is 45.1 Å². The van der Waals surface area contributed by atoms with Gasteiger partial charge in [0.15, 0.2) is 0 Å². The van der Waals surface area contributed by atoms with E-state index in [1.165, 1.54) is 6.42 Å². The average Bonchev–Trinajstić information content (AvgIpc) is 3.03. The Morgan fingerprint density at radius 2 is 1.95 bits per heavy atom. The summed E-state index contributed by atoms with van der Waals surface area (Å²) >= 11 is 0. The van der Waals surface area contributed by atoms with Crippen LogP contribution >= 0.6 is 12.4 Å². The normalized spacial score (nSPS) is 29.1. The zero-order valence-electron chi connectivity index (χ0n) is 12.6. The Labute approximate surface area is 128 Å². The van der Waals surface area contributed by atoms with E-state index in [0.29, 0.717) is 11.9 Å². The van der Waals surface area contributed by atoms with Crippen LogP contribution in [0.2, 0.25) is 0 Å². The number of amides is 1. The van der Waals surface area contributed by atoms with Gasteiger partial charge in [-0.1, -0.05) is 13.3 Å². The lowest BCUT2D eigenvalue weighted by atomic mass is 9.98. The van der Waals surface area contributed by atoms with Crippen LogP contribution < -0.4 is 5.32 Å². The minimum Gasteiger partial charge on any atom is -0.340 e. The maximum Gasteiger partial charge on any atom is 0.228 e. The van der Waals surface area contributed by atoms with Gasteiger partial charge < -0.3 is 10.2 Å². The molecule has 3 aliphatic rings. The van der Waals surface area contributed by atoms with Crippen LogP contribution in [0, 0.1) is 5.41 Å². The Morgan fingerprint density at radius 3 is 2.45 bits per heavy atom. The molecule has 0 aromatic rings. The van der Waals surface area contributed by atoms with E-state index in [1.54, 1.807) is 0 Å². The molecule has 3 rings (SSSR count). The van der Waals surface area contributed by atoms with Crippen LogP contribution in [0.3, 0.4) is 0 Å². The fourth-order valence-corrected chi connectivity index (χ4v) is 3.78. The van der Waals surface area contributed by atoms with E-state index in [9.17, 15) is 4.79 Å². The molecule has 4 nitrogen and oxygen atoms in total. The molecule has 2 aliphatic heterocycles. The lowest BCUT2D eigenvalue weighted by Gasteiger charge is -2.39. The van der Waals surface area contributed by atoms with Gasteiger partial charge in [-0.25, -0.2) is 0 Å². The molecule has 1 saturated carbocycles. The molecule has 1 aliphatic carbocycles. The van der Waals surface area contributed by atoms with Crippen LogP contribution in [-0.2, 0) is 4.79 Å². The maximum atomic E-state index is 12.6. The van der Waals surface area contributed by atoms with Crippen LogP contribution in [0.1, 0.15) is 39.0 Å². The molecule has 3 fully saturated rings. The average molecular weight is 302 g/mol. The molecule has 5 heteroatoms. The topological polar surface area (TPSA) is 35.6 Å². The van der Waals surface area contributed by atoms with Crippen LogP contribution in [0.25, 0.3) is 0 Å². The van der Waals surface area contributed by atoms with Crippen LogP contribution in [0.4, 0.5) is 0 Å². The molecule has 0 spiro atoms. The van der Waals surface area contributed by atoms with Gasteiger partial charge in [-0.3, -0.25) is 9.69 Å². The molecule has 2 heterocycles. The molecule has 0 bridgehead atoms. The molecule has 116 valence electrons. The van der Waals surface area contributed by atoms with Gasteiger partial charge >= 0.3 is 0 Å². The molecule has 20 heavy (non-hydrogen) atoms. The van der Waals surface area contributed by atoms with E-state index < -0.39 is 0 Å². The van der Waals surface area contributed by atoms with E-state index in [1.807, 2.05) is 0 Å². The summed E-state index contributed by atoms with van der Waals surface area (Å²) in [6.45, 7) is 8.51. The predicted octanol–water partition coefficient (Wildman–Crippen LogP) is 1.49. The quantitative estimate of drug-likeness (QED) is 0.855. The van der Waals surface area contributed by atoms with Gasteiger partial charge in [0.2, 0.25) is 5.91 Å². The van der Waals surface area contributed by atoms with Gasteiger partial charge in [0.05, 0.1) is 0 Å². The van der Waals surface area contributed by atoms with Crippen molar-refractivity contribution in [1.82, 2.24) is 15.1 Å². The molecule has 0 aromatic carbocycles. The van der Waals surface area contributed by atoms with Crippen LogP contribution in [0.15, 0.2) is 0 Å². The number of piperazine rings is 1. The second-order valence-electron chi connectivity index (χ2n) is 6.51. The number of rotatable bonds is 4. The van der Waals surface area contributed by atoms with E-state index in [4.69, 9.17) is 0 Å². The summed E-state index contributed by atoms with van der Waals surface area (Å²) < 4.78 is 0. The highest BCUT2D eigenvalue weighted by Gasteiger charge is 2.50. The van der Waals surface area contributed by atoms with Crippen LogP contribution in [0.5, 0.6) is 0 Å². The number of carbonyl (C=O) groups excluding carboxylic acids is 1. The van der Waals surface area contributed by atoms with Crippen molar-refractivity contribution in [2.24, 2.45) is 5.41 Å². The summed E-state index contributed by atoms with van der Waals surface area (Å²) in [5.41, 5.74) is 0.0613. The summed E-state index contributed by atoms with van der Waals surface area (Å²) in [4.78, 5) is 17.3. The van der Waals surface area contributed by atoms with E-state index in [2.05, 4.69) is 22.0 Å². The van der Waals surface area contributed by atoms with Crippen LogP contribution in [-0.4, -0.2) is 61.0 Å². The molecular weight excluding hydrogens is 274 g/mol. The van der Waals surface area contributed by atoms with Crippen molar-refractivity contribution >= 4 is 18.3 Å². The number of carbonyl (C=O) groups is 1. The van der Waals surface area contributed by atoms with Gasteiger partial charge in [0.1, 0.15) is 0 Å². The Balaban J connectivity index is 0.00000147. The van der Waals surface area contributed by atoms with Crippen molar-refractivity contribution in [3.8, 4) is 0 Å². The Bertz CT molecular complexity index is 332. The lowest BCUT2D eigenvalue weighted by Crippen LogP contribution is -2.53. The summed E-state index contributed by atoms with van der Waals surface area (Å²) in [5.74, 6) is 0.457. The third kappa shape index (κ3) is 3.12. The monoisotopic (exact) mass is 301 g/mol. The van der Waals surface area contributed by atoms with Crippen molar-refractivity contribution in [3.63, 3.8) is 0 Å². The first-order chi connectivity index (χ1) is 9.25. The molecule has 0 radical (unpaired) electrons. The number of hydrogen-bond acceptors (Lipinski definition) is 3. The lowest BCUT2D eigenvalue weighted by molar-refractivity contribution is -0.139. The third-order valence-electron chi connectivity index (χ3n) is 5.19. The first-order valence-electron chi connectivity index (χ1n) is 7.99.